The Balaban J connectivity index is 1.45. The molecule has 0 saturated heterocycles. The Kier molecular flexibility index (Phi) is 5.06. The summed E-state index contributed by atoms with van der Waals surface area (Å²) in [5.74, 6) is -0.746. The monoisotopic (exact) mass is 376 g/mol. The van der Waals surface area contributed by atoms with Gasteiger partial charge in [-0.15, -0.1) is 0 Å². The van der Waals surface area contributed by atoms with Gasteiger partial charge in [-0.1, -0.05) is 20.8 Å². The summed E-state index contributed by atoms with van der Waals surface area (Å²) in [6.45, 7) is 7.95. The maximum atomic E-state index is 12.3. The molecule has 27 heavy (non-hydrogen) atoms. The molecule has 2 amide bonds. The third kappa shape index (κ3) is 3.47. The minimum absolute atomic E-state index is 0.0711. The normalized spacial score (nSPS) is 29.2. The van der Waals surface area contributed by atoms with E-state index in [-0.39, 0.29) is 35.1 Å². The molecule has 1 aromatic heterocycles. The molecule has 1 aromatic rings. The summed E-state index contributed by atoms with van der Waals surface area (Å²) in [5.41, 5.74) is 0.272. The van der Waals surface area contributed by atoms with Crippen LogP contribution in [0.1, 0.15) is 57.5 Å². The van der Waals surface area contributed by atoms with Crippen molar-refractivity contribution in [2.45, 2.75) is 59.0 Å². The first-order valence-corrected chi connectivity index (χ1v) is 9.45. The van der Waals surface area contributed by atoms with Crippen LogP contribution in [0.3, 0.4) is 0 Å². The molecular weight excluding hydrogens is 348 g/mol. The number of fused-ring (bicyclic) bond motifs is 2. The lowest BCUT2D eigenvalue weighted by Gasteiger charge is -2.39. The van der Waals surface area contributed by atoms with Crippen molar-refractivity contribution in [2.75, 3.05) is 6.61 Å². The van der Waals surface area contributed by atoms with Crippen LogP contribution in [0.5, 0.6) is 0 Å². The average Bonchev–Trinajstić information content (AvgIpc) is 3.26. The summed E-state index contributed by atoms with van der Waals surface area (Å²) in [7, 11) is 0. The van der Waals surface area contributed by atoms with Crippen molar-refractivity contribution in [2.24, 2.45) is 16.7 Å². The van der Waals surface area contributed by atoms with Crippen LogP contribution in [0, 0.1) is 16.7 Å². The number of hydrogen-bond acceptors (Lipinski definition) is 5. The lowest BCUT2D eigenvalue weighted by Crippen LogP contribution is -2.48. The van der Waals surface area contributed by atoms with Gasteiger partial charge < -0.3 is 19.8 Å². The van der Waals surface area contributed by atoms with Crippen LogP contribution >= 0.6 is 0 Å². The number of carbonyl (C=O) groups is 3. The third-order valence-corrected chi connectivity index (χ3v) is 6.92. The van der Waals surface area contributed by atoms with E-state index < -0.39 is 17.9 Å². The van der Waals surface area contributed by atoms with Crippen molar-refractivity contribution < 1.29 is 23.5 Å². The number of esters is 1. The highest BCUT2D eigenvalue weighted by Gasteiger charge is 2.61. The van der Waals surface area contributed by atoms with Crippen LogP contribution in [-0.4, -0.2) is 36.5 Å². The molecule has 148 valence electrons. The highest BCUT2D eigenvalue weighted by atomic mass is 16.5. The summed E-state index contributed by atoms with van der Waals surface area (Å²) in [6, 6.07) is 2.31. The largest absolute Gasteiger partial charge is 0.459 e. The number of carbonyl (C=O) groups excluding carboxylic acids is 3. The summed E-state index contributed by atoms with van der Waals surface area (Å²) in [4.78, 5) is 36.2. The SMILES string of the molecule is CC(NC(=O)c1ccco1)C(=O)OCC(=O)NC1CC2CCC1(C)C2(C)C. The summed E-state index contributed by atoms with van der Waals surface area (Å²) >= 11 is 0. The van der Waals surface area contributed by atoms with E-state index in [2.05, 4.69) is 31.4 Å². The Hall–Kier alpha value is -2.31. The van der Waals surface area contributed by atoms with Crippen LogP contribution in [0.2, 0.25) is 0 Å². The predicted octanol–water partition coefficient (Wildman–Crippen LogP) is 2.27. The van der Waals surface area contributed by atoms with E-state index in [9.17, 15) is 14.4 Å². The Morgan fingerprint density at radius 3 is 2.63 bits per heavy atom. The first-order chi connectivity index (χ1) is 12.6. The molecule has 2 aliphatic carbocycles. The number of nitrogens with one attached hydrogen (secondary N) is 2. The van der Waals surface area contributed by atoms with Gasteiger partial charge in [0.15, 0.2) is 12.4 Å². The summed E-state index contributed by atoms with van der Waals surface area (Å²) in [6.07, 6.45) is 4.65. The molecule has 0 aromatic carbocycles. The second-order valence-electron chi connectivity index (χ2n) is 8.51. The zero-order valence-corrected chi connectivity index (χ0v) is 16.3. The van der Waals surface area contributed by atoms with Gasteiger partial charge in [-0.25, -0.2) is 4.79 Å². The minimum Gasteiger partial charge on any atom is -0.459 e. The van der Waals surface area contributed by atoms with Crippen molar-refractivity contribution >= 4 is 17.8 Å². The Morgan fingerprint density at radius 2 is 2.07 bits per heavy atom. The maximum absolute atomic E-state index is 12.3. The topological polar surface area (TPSA) is 97.6 Å². The molecule has 7 nitrogen and oxygen atoms in total. The molecule has 2 N–H and O–H groups in total. The number of ether oxygens (including phenoxy) is 1. The summed E-state index contributed by atoms with van der Waals surface area (Å²) < 4.78 is 10.0. The quantitative estimate of drug-likeness (QED) is 0.742. The number of furan rings is 1. The van der Waals surface area contributed by atoms with Crippen LogP contribution < -0.4 is 10.6 Å². The molecule has 2 fully saturated rings. The Morgan fingerprint density at radius 1 is 1.33 bits per heavy atom. The zero-order chi connectivity index (χ0) is 19.8. The molecule has 0 radical (unpaired) electrons. The Bertz CT molecular complexity index is 727. The zero-order valence-electron chi connectivity index (χ0n) is 16.3. The van der Waals surface area contributed by atoms with Crippen LogP contribution in [0.25, 0.3) is 0 Å². The van der Waals surface area contributed by atoms with Gasteiger partial charge in [0.1, 0.15) is 6.04 Å². The molecular formula is C20H28N2O5. The molecule has 1 heterocycles. The second-order valence-corrected chi connectivity index (χ2v) is 8.51. The van der Waals surface area contributed by atoms with Gasteiger partial charge >= 0.3 is 5.97 Å². The van der Waals surface area contributed by atoms with Gasteiger partial charge in [0, 0.05) is 6.04 Å². The van der Waals surface area contributed by atoms with Crippen molar-refractivity contribution in [3.8, 4) is 0 Å². The fourth-order valence-electron chi connectivity index (χ4n) is 4.65. The first kappa shape index (κ1) is 19.5. The van der Waals surface area contributed by atoms with E-state index in [4.69, 9.17) is 9.15 Å². The number of hydrogen-bond donors (Lipinski definition) is 2. The third-order valence-electron chi connectivity index (χ3n) is 6.92. The molecule has 2 aliphatic rings. The van der Waals surface area contributed by atoms with Gasteiger partial charge in [0.05, 0.1) is 6.26 Å². The summed E-state index contributed by atoms with van der Waals surface area (Å²) in [5, 5.41) is 5.52. The molecule has 3 rings (SSSR count). The fraction of sp³-hybridized carbons (Fsp3) is 0.650. The second kappa shape index (κ2) is 7.02. The van der Waals surface area contributed by atoms with Crippen molar-refractivity contribution in [3.05, 3.63) is 24.2 Å². The highest BCUT2D eigenvalue weighted by molar-refractivity contribution is 5.94. The highest BCUT2D eigenvalue weighted by Crippen LogP contribution is 2.65. The van der Waals surface area contributed by atoms with Gasteiger partial charge in [0.2, 0.25) is 0 Å². The molecule has 7 heteroatoms. The van der Waals surface area contributed by atoms with Gasteiger partial charge in [-0.05, 0) is 55.1 Å². The number of amides is 2. The minimum atomic E-state index is -0.880. The van der Waals surface area contributed by atoms with E-state index >= 15 is 0 Å². The maximum Gasteiger partial charge on any atom is 0.328 e. The Labute approximate surface area is 159 Å². The number of rotatable bonds is 6. The van der Waals surface area contributed by atoms with E-state index in [0.29, 0.717) is 5.92 Å². The van der Waals surface area contributed by atoms with Gasteiger partial charge in [-0.2, -0.15) is 0 Å². The lowest BCUT2D eigenvalue weighted by atomic mass is 9.69. The molecule has 4 atom stereocenters. The molecule has 0 aliphatic heterocycles. The molecule has 2 bridgehead atoms. The van der Waals surface area contributed by atoms with Crippen molar-refractivity contribution in [1.29, 1.82) is 0 Å². The van der Waals surface area contributed by atoms with Crippen LogP contribution in [-0.2, 0) is 14.3 Å². The standard InChI is InChI=1S/C20H28N2O5/c1-12(21-17(24)14-6-5-9-26-14)18(25)27-11-16(23)22-15-10-13-7-8-20(15,4)19(13,2)3/h5-6,9,12-13,15H,7-8,10-11H2,1-4H3,(H,21,24)(H,22,23). The van der Waals surface area contributed by atoms with Gasteiger partial charge in [0.25, 0.3) is 11.8 Å². The predicted molar refractivity (Wildman–Crippen MR) is 97.8 cm³/mol. The lowest BCUT2D eigenvalue weighted by molar-refractivity contribution is -0.150. The average molecular weight is 376 g/mol. The van der Waals surface area contributed by atoms with Crippen molar-refractivity contribution in [3.63, 3.8) is 0 Å². The van der Waals surface area contributed by atoms with E-state index in [0.717, 1.165) is 12.8 Å². The van der Waals surface area contributed by atoms with Crippen LogP contribution in [0.15, 0.2) is 22.8 Å². The smallest absolute Gasteiger partial charge is 0.328 e. The van der Waals surface area contributed by atoms with E-state index in [1.165, 1.54) is 25.7 Å². The van der Waals surface area contributed by atoms with Crippen molar-refractivity contribution in [1.82, 2.24) is 10.6 Å². The molecule has 0 spiro atoms. The molecule has 4 unspecified atom stereocenters. The fourth-order valence-corrected chi connectivity index (χ4v) is 4.65. The molecule has 2 saturated carbocycles. The van der Waals surface area contributed by atoms with Crippen LogP contribution in [0.4, 0.5) is 0 Å². The van der Waals surface area contributed by atoms with Gasteiger partial charge in [-0.3, -0.25) is 9.59 Å². The van der Waals surface area contributed by atoms with E-state index in [1.54, 1.807) is 6.07 Å². The van der Waals surface area contributed by atoms with E-state index in [1.807, 2.05) is 0 Å². The first-order valence-electron chi connectivity index (χ1n) is 9.45.